The molecular weight excluding hydrogens is 378 g/mol. The summed E-state index contributed by atoms with van der Waals surface area (Å²) in [7, 11) is -3.15. The van der Waals surface area contributed by atoms with Gasteiger partial charge in [-0.1, -0.05) is 17.7 Å². The molecule has 2 aliphatic rings. The summed E-state index contributed by atoms with van der Waals surface area (Å²) in [4.78, 5) is 24.7. The molecule has 2 heterocycles. The third-order valence-electron chi connectivity index (χ3n) is 4.55. The van der Waals surface area contributed by atoms with E-state index in [0.29, 0.717) is 17.1 Å². The fraction of sp³-hybridized carbons (Fsp3) is 0.471. The van der Waals surface area contributed by atoms with Gasteiger partial charge < -0.3 is 5.32 Å². The number of hydrogen-bond donors (Lipinski definition) is 1. The number of sulfone groups is 1. The van der Waals surface area contributed by atoms with E-state index in [4.69, 9.17) is 11.6 Å². The number of amides is 2. The van der Waals surface area contributed by atoms with Crippen molar-refractivity contribution in [1.82, 2.24) is 5.01 Å². The van der Waals surface area contributed by atoms with Crippen LogP contribution in [0.5, 0.6) is 0 Å². The highest BCUT2D eigenvalue weighted by atomic mass is 35.5. The Hall–Kier alpha value is -1.93. The monoisotopic (exact) mass is 397 g/mol. The van der Waals surface area contributed by atoms with Crippen molar-refractivity contribution >= 4 is 44.7 Å². The maximum absolute atomic E-state index is 12.6. The molecule has 26 heavy (non-hydrogen) atoms. The third-order valence-corrected chi connectivity index (χ3v) is 6.59. The number of aryl methyl sites for hydroxylation is 2. The summed E-state index contributed by atoms with van der Waals surface area (Å²) < 4.78 is 23.3. The average Bonchev–Trinajstić information content (AvgIpc) is 2.91. The van der Waals surface area contributed by atoms with E-state index in [1.807, 2.05) is 19.9 Å². The van der Waals surface area contributed by atoms with Gasteiger partial charge in [-0.25, -0.2) is 13.4 Å². The van der Waals surface area contributed by atoms with E-state index < -0.39 is 21.8 Å². The quantitative estimate of drug-likeness (QED) is 0.844. The molecular formula is C17H20ClN3O4S. The molecule has 0 aromatic heterocycles. The predicted octanol–water partition coefficient (Wildman–Crippen LogP) is 2.06. The first-order valence-electron chi connectivity index (χ1n) is 8.34. The highest BCUT2D eigenvalue weighted by Gasteiger charge is 2.37. The fourth-order valence-corrected chi connectivity index (χ4v) is 5.31. The molecule has 0 unspecified atom stereocenters. The molecule has 0 saturated carbocycles. The second-order valence-electron chi connectivity index (χ2n) is 6.73. The Morgan fingerprint density at radius 1 is 1.31 bits per heavy atom. The molecule has 1 aromatic carbocycles. The van der Waals surface area contributed by atoms with Gasteiger partial charge in [0.25, 0.3) is 5.91 Å². The van der Waals surface area contributed by atoms with Gasteiger partial charge >= 0.3 is 0 Å². The number of carbonyl (C=O) groups is 2. The first kappa shape index (κ1) is 18.8. The summed E-state index contributed by atoms with van der Waals surface area (Å²) >= 11 is 6.22. The molecule has 0 bridgehead atoms. The maximum atomic E-state index is 12.6. The van der Waals surface area contributed by atoms with Crippen molar-refractivity contribution in [2.45, 2.75) is 39.2 Å². The van der Waals surface area contributed by atoms with E-state index in [0.717, 1.165) is 11.1 Å². The normalized spacial score (nSPS) is 22.3. The number of carbonyl (C=O) groups excluding carboxylic acids is 2. The van der Waals surface area contributed by atoms with Crippen molar-refractivity contribution in [3.63, 3.8) is 0 Å². The zero-order valence-corrected chi connectivity index (χ0v) is 16.2. The number of halogens is 1. The maximum Gasteiger partial charge on any atom is 0.271 e. The van der Waals surface area contributed by atoms with Crippen LogP contribution in [0.3, 0.4) is 0 Å². The van der Waals surface area contributed by atoms with Crippen LogP contribution in [0.2, 0.25) is 5.02 Å². The highest BCUT2D eigenvalue weighted by molar-refractivity contribution is 7.91. The summed E-state index contributed by atoms with van der Waals surface area (Å²) in [5.74, 6) is -0.762. The van der Waals surface area contributed by atoms with E-state index in [9.17, 15) is 18.0 Å². The smallest absolute Gasteiger partial charge is 0.271 e. The molecule has 1 atom stereocenters. The number of hydrazone groups is 1. The number of nitrogens with zero attached hydrogens (tertiary/aromatic N) is 2. The first-order valence-corrected chi connectivity index (χ1v) is 10.5. The van der Waals surface area contributed by atoms with E-state index in [2.05, 4.69) is 10.4 Å². The lowest BCUT2D eigenvalue weighted by molar-refractivity contribution is -0.133. The van der Waals surface area contributed by atoms with Crippen LogP contribution in [-0.4, -0.2) is 48.5 Å². The third kappa shape index (κ3) is 3.91. The number of nitrogens with one attached hydrogen (secondary N) is 1. The van der Waals surface area contributed by atoms with Gasteiger partial charge in [0.1, 0.15) is 5.71 Å². The fourth-order valence-electron chi connectivity index (χ4n) is 3.25. The molecule has 1 saturated heterocycles. The lowest BCUT2D eigenvalue weighted by atomic mass is 10.1. The zero-order valence-electron chi connectivity index (χ0n) is 14.6. The molecule has 1 aromatic rings. The largest absolute Gasteiger partial charge is 0.319 e. The van der Waals surface area contributed by atoms with Crippen molar-refractivity contribution in [3.05, 3.63) is 28.3 Å². The Morgan fingerprint density at radius 2 is 2.04 bits per heavy atom. The number of benzene rings is 1. The Kier molecular flexibility index (Phi) is 5.07. The Bertz CT molecular complexity index is 888. The van der Waals surface area contributed by atoms with Gasteiger partial charge in [-0.3, -0.25) is 9.59 Å². The molecule has 3 rings (SSSR count). The van der Waals surface area contributed by atoms with Crippen molar-refractivity contribution in [1.29, 1.82) is 0 Å². The summed E-state index contributed by atoms with van der Waals surface area (Å²) in [5.41, 5.74) is 2.52. The minimum Gasteiger partial charge on any atom is -0.319 e. The van der Waals surface area contributed by atoms with Crippen LogP contribution in [-0.2, 0) is 19.4 Å². The van der Waals surface area contributed by atoms with Crippen LogP contribution in [0.1, 0.15) is 30.4 Å². The molecule has 1 fully saturated rings. The highest BCUT2D eigenvalue weighted by Crippen LogP contribution is 2.28. The van der Waals surface area contributed by atoms with E-state index in [1.165, 1.54) is 5.01 Å². The molecule has 9 heteroatoms. The van der Waals surface area contributed by atoms with Crippen LogP contribution >= 0.6 is 11.6 Å². The van der Waals surface area contributed by atoms with Crippen LogP contribution in [0.15, 0.2) is 17.2 Å². The lowest BCUT2D eigenvalue weighted by Crippen LogP contribution is -2.42. The van der Waals surface area contributed by atoms with Crippen molar-refractivity contribution in [3.8, 4) is 0 Å². The standard InChI is InChI=1S/C17H20ClN3O4S/c1-10-7-11(2)16(13(18)8-10)19-17(23)14-3-4-15(22)21(20-14)12-5-6-26(24,25)9-12/h7-8,12H,3-6,9H2,1-2H3,(H,19,23)/t12-/m0/s1. The summed E-state index contributed by atoms with van der Waals surface area (Å²) in [6, 6.07) is 3.16. The van der Waals surface area contributed by atoms with Gasteiger partial charge in [0.05, 0.1) is 28.3 Å². The topological polar surface area (TPSA) is 95.9 Å². The lowest BCUT2D eigenvalue weighted by Gasteiger charge is -2.27. The Labute approximate surface area is 157 Å². The summed E-state index contributed by atoms with van der Waals surface area (Å²) in [6.45, 7) is 3.76. The van der Waals surface area contributed by atoms with Gasteiger partial charge in [0.15, 0.2) is 9.84 Å². The number of hydrogen-bond acceptors (Lipinski definition) is 5. The Morgan fingerprint density at radius 3 is 2.65 bits per heavy atom. The van der Waals surface area contributed by atoms with E-state index in [1.54, 1.807) is 6.07 Å². The summed E-state index contributed by atoms with van der Waals surface area (Å²) in [5, 5.41) is 8.53. The second kappa shape index (κ2) is 7.00. The van der Waals surface area contributed by atoms with Crippen LogP contribution < -0.4 is 5.32 Å². The second-order valence-corrected chi connectivity index (χ2v) is 9.37. The van der Waals surface area contributed by atoms with Gasteiger partial charge in [-0.05, 0) is 37.5 Å². The molecule has 2 amide bonds. The van der Waals surface area contributed by atoms with Crippen LogP contribution in [0, 0.1) is 13.8 Å². The SMILES string of the molecule is Cc1cc(C)c(NC(=O)C2=NN([C@H]3CCS(=O)(=O)C3)C(=O)CC2)c(Cl)c1. The molecule has 2 aliphatic heterocycles. The van der Waals surface area contributed by atoms with E-state index in [-0.39, 0.29) is 36.0 Å². The molecule has 140 valence electrons. The molecule has 1 N–H and O–H groups in total. The zero-order chi connectivity index (χ0) is 19.1. The molecule has 7 nitrogen and oxygen atoms in total. The van der Waals surface area contributed by atoms with Gasteiger partial charge in [0, 0.05) is 12.8 Å². The molecule has 0 aliphatic carbocycles. The van der Waals surface area contributed by atoms with Crippen LogP contribution in [0.4, 0.5) is 5.69 Å². The minimum absolute atomic E-state index is 0.0384. The van der Waals surface area contributed by atoms with Gasteiger partial charge in [-0.15, -0.1) is 0 Å². The predicted molar refractivity (Wildman–Crippen MR) is 100 cm³/mol. The average molecular weight is 398 g/mol. The molecule has 0 spiro atoms. The van der Waals surface area contributed by atoms with Gasteiger partial charge in [0.2, 0.25) is 5.91 Å². The van der Waals surface area contributed by atoms with Crippen LogP contribution in [0.25, 0.3) is 0 Å². The molecule has 0 radical (unpaired) electrons. The minimum atomic E-state index is -3.15. The van der Waals surface area contributed by atoms with E-state index >= 15 is 0 Å². The summed E-state index contributed by atoms with van der Waals surface area (Å²) in [6.07, 6.45) is 0.682. The van der Waals surface area contributed by atoms with Crippen molar-refractivity contribution < 1.29 is 18.0 Å². The van der Waals surface area contributed by atoms with Crippen molar-refractivity contribution in [2.24, 2.45) is 5.10 Å². The Balaban J connectivity index is 1.81. The number of anilines is 1. The van der Waals surface area contributed by atoms with Gasteiger partial charge in [-0.2, -0.15) is 5.10 Å². The first-order chi connectivity index (χ1) is 12.2. The van der Waals surface area contributed by atoms with Crippen molar-refractivity contribution in [2.75, 3.05) is 16.8 Å². The number of rotatable bonds is 3.